The van der Waals surface area contributed by atoms with E-state index in [0.717, 1.165) is 35.0 Å². The summed E-state index contributed by atoms with van der Waals surface area (Å²) in [5.74, 6) is 0. The lowest BCUT2D eigenvalue weighted by Crippen LogP contribution is -2.30. The van der Waals surface area contributed by atoms with Crippen LogP contribution in [0.25, 0.3) is 33.4 Å². The van der Waals surface area contributed by atoms with Gasteiger partial charge in [-0.05, 0) is 48.7 Å². The topological polar surface area (TPSA) is 64.2 Å². The van der Waals surface area contributed by atoms with Crippen molar-refractivity contribution in [2.45, 2.75) is 19.4 Å². The van der Waals surface area contributed by atoms with Crippen molar-refractivity contribution in [1.29, 1.82) is 0 Å². The quantitative estimate of drug-likeness (QED) is 0.588. The fourth-order valence-corrected chi connectivity index (χ4v) is 3.85. The highest BCUT2D eigenvalue weighted by molar-refractivity contribution is 5.83. The molecule has 5 rings (SSSR count). The van der Waals surface area contributed by atoms with Gasteiger partial charge in [-0.25, -0.2) is 4.98 Å². The van der Waals surface area contributed by atoms with Gasteiger partial charge in [-0.1, -0.05) is 12.1 Å². The third-order valence-electron chi connectivity index (χ3n) is 5.29. The molecule has 1 aromatic carbocycles. The van der Waals surface area contributed by atoms with Crippen LogP contribution in [0, 0.1) is 0 Å². The summed E-state index contributed by atoms with van der Waals surface area (Å²) in [4.78, 5) is 17.5. The summed E-state index contributed by atoms with van der Waals surface area (Å²) in [7, 11) is 1.90. The van der Waals surface area contributed by atoms with Gasteiger partial charge in [0.25, 0.3) is 5.56 Å². The van der Waals surface area contributed by atoms with E-state index in [1.165, 1.54) is 5.57 Å². The number of benzene rings is 1. The molecular formula is C22H21N5O. The molecule has 0 spiro atoms. The van der Waals surface area contributed by atoms with E-state index < -0.39 is 0 Å². The normalized spacial score (nSPS) is 17.2. The first kappa shape index (κ1) is 16.9. The van der Waals surface area contributed by atoms with Gasteiger partial charge in [0.2, 0.25) is 0 Å². The fraction of sp³-hybridized carbons (Fsp3) is 0.227. The molecule has 3 aromatic heterocycles. The summed E-state index contributed by atoms with van der Waals surface area (Å²) in [5.41, 5.74) is 5.45. The molecule has 1 N–H and O–H groups in total. The molecular weight excluding hydrogens is 350 g/mol. The van der Waals surface area contributed by atoms with Crippen LogP contribution in [-0.2, 0) is 7.05 Å². The van der Waals surface area contributed by atoms with Crippen molar-refractivity contribution in [3.8, 4) is 11.3 Å². The Labute approximate surface area is 162 Å². The first-order valence-electron chi connectivity index (χ1n) is 9.47. The molecule has 1 unspecified atom stereocenters. The van der Waals surface area contributed by atoms with Crippen LogP contribution < -0.4 is 10.9 Å². The Morgan fingerprint density at radius 1 is 1.11 bits per heavy atom. The molecule has 0 amide bonds. The predicted molar refractivity (Wildman–Crippen MR) is 111 cm³/mol. The second-order valence-electron chi connectivity index (χ2n) is 7.44. The Bertz CT molecular complexity index is 1300. The monoisotopic (exact) mass is 371 g/mol. The van der Waals surface area contributed by atoms with Gasteiger partial charge in [0.1, 0.15) is 5.65 Å². The van der Waals surface area contributed by atoms with E-state index in [-0.39, 0.29) is 5.56 Å². The number of hydrogen-bond acceptors (Lipinski definition) is 4. The summed E-state index contributed by atoms with van der Waals surface area (Å²) in [6.45, 7) is 3.03. The van der Waals surface area contributed by atoms with Crippen molar-refractivity contribution in [2.75, 3.05) is 6.54 Å². The molecule has 4 heterocycles. The number of rotatable bonds is 2. The molecule has 1 aliphatic heterocycles. The number of aromatic nitrogens is 4. The molecule has 1 aliphatic rings. The number of aryl methyl sites for hydroxylation is 1. The van der Waals surface area contributed by atoms with Crippen LogP contribution in [0.5, 0.6) is 0 Å². The van der Waals surface area contributed by atoms with Crippen molar-refractivity contribution in [1.82, 2.24) is 24.5 Å². The second kappa shape index (κ2) is 6.42. The van der Waals surface area contributed by atoms with Crippen LogP contribution in [0.1, 0.15) is 18.9 Å². The Morgan fingerprint density at radius 3 is 2.82 bits per heavy atom. The van der Waals surface area contributed by atoms with E-state index in [9.17, 15) is 4.79 Å². The lowest BCUT2D eigenvalue weighted by molar-refractivity contribution is 0.579. The maximum Gasteiger partial charge on any atom is 0.258 e. The van der Waals surface area contributed by atoms with Crippen molar-refractivity contribution < 1.29 is 0 Å². The minimum Gasteiger partial charge on any atom is -0.310 e. The second-order valence-corrected chi connectivity index (χ2v) is 7.44. The highest BCUT2D eigenvalue weighted by atomic mass is 16.1. The third-order valence-corrected chi connectivity index (χ3v) is 5.29. The van der Waals surface area contributed by atoms with E-state index in [1.807, 2.05) is 43.7 Å². The molecule has 0 bridgehead atoms. The maximum atomic E-state index is 12.8. The Morgan fingerprint density at radius 2 is 1.96 bits per heavy atom. The van der Waals surface area contributed by atoms with Crippen LogP contribution in [0.4, 0.5) is 0 Å². The van der Waals surface area contributed by atoms with Gasteiger partial charge in [-0.2, -0.15) is 5.10 Å². The van der Waals surface area contributed by atoms with Gasteiger partial charge in [0, 0.05) is 49.0 Å². The van der Waals surface area contributed by atoms with Gasteiger partial charge in [-0.3, -0.25) is 13.9 Å². The summed E-state index contributed by atoms with van der Waals surface area (Å²) in [5, 5.41) is 8.83. The van der Waals surface area contributed by atoms with E-state index in [0.29, 0.717) is 17.4 Å². The van der Waals surface area contributed by atoms with Crippen LogP contribution in [0.15, 0.2) is 59.7 Å². The Balaban J connectivity index is 1.59. The van der Waals surface area contributed by atoms with Gasteiger partial charge < -0.3 is 5.32 Å². The van der Waals surface area contributed by atoms with Crippen LogP contribution in [0.2, 0.25) is 0 Å². The molecule has 0 radical (unpaired) electrons. The smallest absolute Gasteiger partial charge is 0.258 e. The van der Waals surface area contributed by atoms with Crippen LogP contribution in [0.3, 0.4) is 0 Å². The lowest BCUT2D eigenvalue weighted by atomic mass is 9.97. The standard InChI is InChI=1S/C22H21N5O/c1-14-9-15(7-8-23-14)17-4-6-21-24-20(11-22(28)27(21)13-17)16-3-5-19-18(10-16)12-26(2)25-19/h3-7,10-14,23H,8-9H2,1-2H3. The zero-order chi connectivity index (χ0) is 19.3. The van der Waals surface area contributed by atoms with E-state index in [2.05, 4.69) is 29.5 Å². The number of nitrogens with zero attached hydrogens (tertiary/aromatic N) is 4. The van der Waals surface area contributed by atoms with Crippen LogP contribution in [-0.4, -0.2) is 31.8 Å². The SMILES string of the molecule is CC1CC(c2ccc3nc(-c4ccc5nn(C)cc5c4)cc(=O)n3c2)=CCN1. The molecule has 0 fully saturated rings. The van der Waals surface area contributed by atoms with Crippen molar-refractivity contribution in [3.63, 3.8) is 0 Å². The first-order chi connectivity index (χ1) is 13.6. The van der Waals surface area contributed by atoms with Crippen molar-refractivity contribution in [2.24, 2.45) is 7.05 Å². The zero-order valence-electron chi connectivity index (χ0n) is 15.9. The summed E-state index contributed by atoms with van der Waals surface area (Å²) >= 11 is 0. The Hall–Kier alpha value is -3.25. The number of fused-ring (bicyclic) bond motifs is 2. The van der Waals surface area contributed by atoms with Gasteiger partial charge in [0.05, 0.1) is 11.2 Å². The predicted octanol–water partition coefficient (Wildman–Crippen LogP) is 3.01. The lowest BCUT2D eigenvalue weighted by Gasteiger charge is -2.21. The minimum atomic E-state index is -0.0734. The zero-order valence-corrected chi connectivity index (χ0v) is 15.9. The molecule has 6 heteroatoms. The molecule has 4 aromatic rings. The summed E-state index contributed by atoms with van der Waals surface area (Å²) in [6.07, 6.45) is 7.02. The summed E-state index contributed by atoms with van der Waals surface area (Å²) < 4.78 is 3.42. The van der Waals surface area contributed by atoms with Gasteiger partial charge >= 0.3 is 0 Å². The van der Waals surface area contributed by atoms with Crippen molar-refractivity contribution >= 4 is 22.1 Å². The highest BCUT2D eigenvalue weighted by Crippen LogP contribution is 2.24. The Kier molecular flexibility index (Phi) is 3.87. The average molecular weight is 371 g/mol. The molecule has 0 saturated carbocycles. The number of hydrogen-bond donors (Lipinski definition) is 1. The maximum absolute atomic E-state index is 12.8. The van der Waals surface area contributed by atoms with Gasteiger partial charge in [0.15, 0.2) is 0 Å². The highest BCUT2D eigenvalue weighted by Gasteiger charge is 2.13. The number of nitrogens with one attached hydrogen (secondary N) is 1. The first-order valence-corrected chi connectivity index (χ1v) is 9.47. The third kappa shape index (κ3) is 2.92. The van der Waals surface area contributed by atoms with E-state index in [1.54, 1.807) is 15.1 Å². The molecule has 0 aliphatic carbocycles. The molecule has 6 nitrogen and oxygen atoms in total. The fourth-order valence-electron chi connectivity index (χ4n) is 3.85. The molecule has 140 valence electrons. The van der Waals surface area contributed by atoms with E-state index in [4.69, 9.17) is 4.98 Å². The molecule has 28 heavy (non-hydrogen) atoms. The van der Waals surface area contributed by atoms with Crippen LogP contribution >= 0.6 is 0 Å². The van der Waals surface area contributed by atoms with E-state index >= 15 is 0 Å². The number of pyridine rings is 1. The summed E-state index contributed by atoms with van der Waals surface area (Å²) in [6, 6.07) is 12.0. The average Bonchev–Trinajstić information content (AvgIpc) is 3.07. The molecule has 1 atom stereocenters. The van der Waals surface area contributed by atoms with Crippen molar-refractivity contribution in [3.05, 3.63) is 70.8 Å². The van der Waals surface area contributed by atoms with Gasteiger partial charge in [-0.15, -0.1) is 0 Å². The minimum absolute atomic E-state index is 0.0734. The largest absolute Gasteiger partial charge is 0.310 e. The molecule has 0 saturated heterocycles.